The van der Waals surface area contributed by atoms with Gasteiger partial charge in [-0.2, -0.15) is 0 Å². The molecule has 0 bridgehead atoms. The number of allylic oxidation sites excluding steroid dienone is 2. The maximum Gasteiger partial charge on any atom is 0.306 e. The van der Waals surface area contributed by atoms with Crippen LogP contribution in [0.1, 0.15) is 399 Å². The second kappa shape index (κ2) is 66.2. The third-order valence-electron chi connectivity index (χ3n) is 17.3. The number of esters is 2. The SMILES string of the molecule is CCCCCCCC/C=C\CCCCCCCCCCCC(=O)OC(COC(=O)CCCCCCCCCCCCCCCCCCCCCCCCCCCCCCCCCCCCCCCCCCC)COP(=O)([O-])OCC[N+](C)(C)C. The lowest BCUT2D eigenvalue weighted by molar-refractivity contribution is -0.870. The molecule has 0 rings (SSSR count). The lowest BCUT2D eigenvalue weighted by Gasteiger charge is -2.28. The van der Waals surface area contributed by atoms with Crippen molar-refractivity contribution in [1.29, 1.82) is 0 Å². The third kappa shape index (κ3) is 69.8. The first-order valence-corrected chi connectivity index (χ1v) is 38.9. The average molecular weight is 1210 g/mol. The van der Waals surface area contributed by atoms with E-state index in [4.69, 9.17) is 18.5 Å². The fourth-order valence-corrected chi connectivity index (χ4v) is 12.3. The van der Waals surface area contributed by atoms with E-state index in [1.807, 2.05) is 21.1 Å². The van der Waals surface area contributed by atoms with Crippen LogP contribution in [0.5, 0.6) is 0 Å². The molecule has 0 radical (unpaired) electrons. The molecule has 0 aliphatic heterocycles. The van der Waals surface area contributed by atoms with Gasteiger partial charge in [0.2, 0.25) is 0 Å². The summed E-state index contributed by atoms with van der Waals surface area (Å²) < 4.78 is 34.3. The molecule has 2 atom stereocenters. The first-order chi connectivity index (χ1) is 41.0. The Labute approximate surface area is 524 Å². The number of carbonyl (C=O) groups is 2. The minimum atomic E-state index is -4.64. The fourth-order valence-electron chi connectivity index (χ4n) is 11.5. The van der Waals surface area contributed by atoms with Crippen LogP contribution < -0.4 is 4.89 Å². The van der Waals surface area contributed by atoms with Crippen LogP contribution in [0, 0.1) is 0 Å². The topological polar surface area (TPSA) is 111 Å². The smallest absolute Gasteiger partial charge is 0.306 e. The van der Waals surface area contributed by atoms with Crippen molar-refractivity contribution in [2.45, 2.75) is 405 Å². The van der Waals surface area contributed by atoms with Crippen molar-refractivity contribution in [1.82, 2.24) is 0 Å². The van der Waals surface area contributed by atoms with E-state index < -0.39 is 26.5 Å². The molecule has 0 aromatic rings. The number of nitrogens with zero attached hydrogens (tertiary/aromatic N) is 1. The van der Waals surface area contributed by atoms with Crippen molar-refractivity contribution in [3.05, 3.63) is 12.2 Å². The molecule has 0 spiro atoms. The molecular weight excluding hydrogens is 1060 g/mol. The van der Waals surface area contributed by atoms with Gasteiger partial charge >= 0.3 is 11.9 Å². The Hall–Kier alpha value is -1.25. The molecule has 84 heavy (non-hydrogen) atoms. The van der Waals surface area contributed by atoms with Crippen LogP contribution in [0.2, 0.25) is 0 Å². The zero-order valence-corrected chi connectivity index (χ0v) is 58.0. The van der Waals surface area contributed by atoms with Gasteiger partial charge in [0, 0.05) is 12.8 Å². The Bertz CT molecular complexity index is 1420. The Balaban J connectivity index is 3.82. The highest BCUT2D eigenvalue weighted by atomic mass is 31.2. The van der Waals surface area contributed by atoms with Crippen LogP contribution in [-0.2, 0) is 32.7 Å². The molecule has 0 saturated heterocycles. The maximum absolute atomic E-state index is 12.8. The monoisotopic (exact) mass is 1210 g/mol. The van der Waals surface area contributed by atoms with Crippen molar-refractivity contribution in [2.75, 3.05) is 47.5 Å². The molecular formula is C74H146NO8P. The van der Waals surface area contributed by atoms with Gasteiger partial charge in [0.05, 0.1) is 27.7 Å². The number of likely N-dealkylation sites (N-methyl/N-ethyl adjacent to an activating group) is 1. The molecule has 9 nitrogen and oxygen atoms in total. The van der Waals surface area contributed by atoms with Gasteiger partial charge in [0.25, 0.3) is 7.82 Å². The number of hydrogen-bond acceptors (Lipinski definition) is 8. The largest absolute Gasteiger partial charge is 0.756 e. The van der Waals surface area contributed by atoms with E-state index in [1.165, 1.54) is 327 Å². The second-order valence-corrected chi connectivity index (χ2v) is 28.4. The van der Waals surface area contributed by atoms with Crippen molar-refractivity contribution >= 4 is 19.8 Å². The summed E-state index contributed by atoms with van der Waals surface area (Å²) >= 11 is 0. The quantitative estimate of drug-likeness (QED) is 0.0195. The Morgan fingerprint density at radius 3 is 0.881 bits per heavy atom. The highest BCUT2D eigenvalue weighted by Crippen LogP contribution is 2.38. The van der Waals surface area contributed by atoms with Crippen LogP contribution in [0.3, 0.4) is 0 Å². The summed E-state index contributed by atoms with van der Waals surface area (Å²) in [5.74, 6) is -0.812. The van der Waals surface area contributed by atoms with Gasteiger partial charge in [-0.1, -0.05) is 360 Å². The number of rotatable bonds is 71. The summed E-state index contributed by atoms with van der Waals surface area (Å²) in [5.41, 5.74) is 0. The Morgan fingerprint density at radius 2 is 0.607 bits per heavy atom. The highest BCUT2D eigenvalue weighted by molar-refractivity contribution is 7.45. The molecule has 0 amide bonds. The molecule has 0 aromatic carbocycles. The summed E-state index contributed by atoms with van der Waals surface area (Å²) in [6, 6.07) is 0. The predicted octanol–water partition coefficient (Wildman–Crippen LogP) is 23.7. The maximum atomic E-state index is 12.8. The van der Waals surface area contributed by atoms with Gasteiger partial charge in [-0.25, -0.2) is 0 Å². The number of hydrogen-bond donors (Lipinski definition) is 0. The standard InChI is InChI=1S/C74H146NO8P/c1-6-8-10-12-14-16-18-20-22-24-26-27-28-29-30-31-32-33-34-35-36-37-38-39-40-41-42-43-44-45-46-47-49-50-52-54-56-58-60-62-64-66-73(76)80-70-72(71-82-84(78,79)81-69-68-75(3,4)5)83-74(77)67-65-63-61-59-57-55-53-51-48-25-23-21-19-17-15-13-11-9-7-2/h21,23,72H,6-20,22,24-71H2,1-5H3/b23-21-. The highest BCUT2D eigenvalue weighted by Gasteiger charge is 2.22. The number of unbranched alkanes of at least 4 members (excludes halogenated alkanes) is 55. The van der Waals surface area contributed by atoms with E-state index in [0.29, 0.717) is 17.4 Å². The lowest BCUT2D eigenvalue weighted by atomic mass is 10.0. The van der Waals surface area contributed by atoms with E-state index in [2.05, 4.69) is 26.0 Å². The zero-order valence-electron chi connectivity index (χ0n) is 57.1. The van der Waals surface area contributed by atoms with Crippen molar-refractivity contribution in [2.24, 2.45) is 0 Å². The van der Waals surface area contributed by atoms with Crippen molar-refractivity contribution in [3.63, 3.8) is 0 Å². The summed E-state index contributed by atoms with van der Waals surface area (Å²) in [7, 11) is 1.19. The zero-order chi connectivity index (χ0) is 61.2. The molecule has 0 fully saturated rings. The van der Waals surface area contributed by atoms with E-state index in [9.17, 15) is 19.0 Å². The predicted molar refractivity (Wildman–Crippen MR) is 361 cm³/mol. The first-order valence-electron chi connectivity index (χ1n) is 37.4. The normalized spacial score (nSPS) is 13.1. The summed E-state index contributed by atoms with van der Waals surface area (Å²) in [5, 5.41) is 0. The fraction of sp³-hybridized carbons (Fsp3) is 0.946. The van der Waals surface area contributed by atoms with Gasteiger partial charge in [-0.15, -0.1) is 0 Å². The van der Waals surface area contributed by atoms with Gasteiger partial charge in [-0.3, -0.25) is 14.2 Å². The van der Waals surface area contributed by atoms with Gasteiger partial charge < -0.3 is 27.9 Å². The first kappa shape index (κ1) is 82.8. The number of phosphoric ester groups is 1. The lowest BCUT2D eigenvalue weighted by Crippen LogP contribution is -2.37. The van der Waals surface area contributed by atoms with Gasteiger partial charge in [0.1, 0.15) is 19.8 Å². The van der Waals surface area contributed by atoms with Crippen molar-refractivity contribution < 1.29 is 42.1 Å². The van der Waals surface area contributed by atoms with Gasteiger partial charge in [0.15, 0.2) is 6.10 Å². The summed E-state index contributed by atoms with van der Waals surface area (Å²) in [4.78, 5) is 38.0. The Morgan fingerprint density at radius 1 is 0.357 bits per heavy atom. The van der Waals surface area contributed by atoms with Crippen LogP contribution in [0.4, 0.5) is 0 Å². The third-order valence-corrected chi connectivity index (χ3v) is 18.2. The number of carbonyl (C=O) groups excluding carboxylic acids is 2. The van der Waals surface area contributed by atoms with E-state index in [0.717, 1.165) is 38.5 Å². The molecule has 500 valence electrons. The molecule has 0 N–H and O–H groups in total. The molecule has 0 heterocycles. The number of quaternary nitrogens is 1. The molecule has 0 saturated carbocycles. The summed E-state index contributed by atoms with van der Waals surface area (Å²) in [6.07, 6.45) is 82.0. The van der Waals surface area contributed by atoms with E-state index in [-0.39, 0.29) is 32.0 Å². The van der Waals surface area contributed by atoms with Crippen LogP contribution in [0.25, 0.3) is 0 Å². The van der Waals surface area contributed by atoms with Crippen LogP contribution in [-0.4, -0.2) is 70.0 Å². The minimum Gasteiger partial charge on any atom is -0.756 e. The number of ether oxygens (including phenoxy) is 2. The summed E-state index contributed by atoms with van der Waals surface area (Å²) in [6.45, 7) is 4.31. The molecule has 10 heteroatoms. The number of phosphoric acid groups is 1. The molecule has 2 unspecified atom stereocenters. The van der Waals surface area contributed by atoms with E-state index >= 15 is 0 Å². The average Bonchev–Trinajstić information content (AvgIpc) is 3.61. The Kier molecular flexibility index (Phi) is 65.2. The molecule has 0 aliphatic rings. The van der Waals surface area contributed by atoms with Crippen molar-refractivity contribution in [3.8, 4) is 0 Å². The van der Waals surface area contributed by atoms with Crippen LogP contribution in [0.15, 0.2) is 12.2 Å². The van der Waals surface area contributed by atoms with E-state index in [1.54, 1.807) is 0 Å². The van der Waals surface area contributed by atoms with Gasteiger partial charge in [-0.05, 0) is 38.5 Å². The minimum absolute atomic E-state index is 0.0273. The molecule has 0 aliphatic carbocycles. The molecule has 0 aromatic heterocycles. The van der Waals surface area contributed by atoms with Crippen LogP contribution >= 0.6 is 7.82 Å². The second-order valence-electron chi connectivity index (χ2n) is 27.0.